The van der Waals surface area contributed by atoms with Gasteiger partial charge in [-0.1, -0.05) is 17.4 Å². The molecule has 0 unspecified atom stereocenters. The van der Waals surface area contributed by atoms with Crippen molar-refractivity contribution in [2.45, 2.75) is 12.8 Å². The van der Waals surface area contributed by atoms with Gasteiger partial charge in [-0.25, -0.2) is 4.98 Å². The average molecular weight is 221 g/mol. The van der Waals surface area contributed by atoms with Gasteiger partial charge in [-0.3, -0.25) is 0 Å². The smallest absolute Gasteiger partial charge is 0.181 e. The second kappa shape index (κ2) is 4.59. The van der Waals surface area contributed by atoms with Gasteiger partial charge in [0.25, 0.3) is 0 Å². The molecule has 0 fully saturated rings. The summed E-state index contributed by atoms with van der Waals surface area (Å²) >= 11 is 1.56. The molecule has 0 saturated heterocycles. The van der Waals surface area contributed by atoms with E-state index in [9.17, 15) is 0 Å². The second-order valence-electron chi connectivity index (χ2n) is 3.56. The van der Waals surface area contributed by atoms with Crippen LogP contribution in [0.3, 0.4) is 0 Å². The number of hydrogen-bond acceptors (Lipinski definition) is 4. The average Bonchev–Trinajstić information content (AvgIpc) is 2.57. The van der Waals surface area contributed by atoms with E-state index in [4.69, 9.17) is 5.73 Å². The molecule has 0 aliphatic carbocycles. The van der Waals surface area contributed by atoms with Crippen molar-refractivity contribution in [2.75, 3.05) is 19.3 Å². The van der Waals surface area contributed by atoms with Crippen molar-refractivity contribution < 1.29 is 0 Å². The fraction of sp³-hybridized carbons (Fsp3) is 0.364. The van der Waals surface area contributed by atoms with Gasteiger partial charge in [0.05, 0.1) is 10.2 Å². The maximum Gasteiger partial charge on any atom is 0.181 e. The van der Waals surface area contributed by atoms with Crippen LogP contribution in [0.1, 0.15) is 12.0 Å². The van der Waals surface area contributed by atoms with Gasteiger partial charge in [0.15, 0.2) is 5.13 Å². The summed E-state index contributed by atoms with van der Waals surface area (Å²) in [5, 5.41) is 3.80. The van der Waals surface area contributed by atoms with Gasteiger partial charge in [-0.15, -0.1) is 0 Å². The summed E-state index contributed by atoms with van der Waals surface area (Å²) in [4.78, 5) is 4.23. The lowest BCUT2D eigenvalue weighted by atomic mass is 10.1. The van der Waals surface area contributed by atoms with Crippen molar-refractivity contribution in [3.05, 3.63) is 23.8 Å². The Bertz CT molecular complexity index is 450. The van der Waals surface area contributed by atoms with Gasteiger partial charge >= 0.3 is 0 Å². The number of anilines is 1. The number of rotatable bonds is 4. The largest absolute Gasteiger partial charge is 0.375 e. The summed E-state index contributed by atoms with van der Waals surface area (Å²) in [6, 6.07) is 6.38. The third kappa shape index (κ3) is 2.46. The predicted octanol–water partition coefficient (Wildman–Crippen LogP) is 2.03. The molecule has 15 heavy (non-hydrogen) atoms. The first-order chi connectivity index (χ1) is 7.29. The van der Waals surface area contributed by atoms with Gasteiger partial charge in [-0.2, -0.15) is 0 Å². The first-order valence-electron chi connectivity index (χ1n) is 5.09. The highest BCUT2D eigenvalue weighted by atomic mass is 32.1. The van der Waals surface area contributed by atoms with Crippen molar-refractivity contribution >= 4 is 26.7 Å². The minimum Gasteiger partial charge on any atom is -0.375 e. The Balaban J connectivity index is 2.15. The number of nitrogens with one attached hydrogen (secondary N) is 1. The molecule has 3 nitrogen and oxygen atoms in total. The Morgan fingerprint density at radius 3 is 3.13 bits per heavy atom. The predicted molar refractivity (Wildman–Crippen MR) is 66.3 cm³/mol. The van der Waals surface area contributed by atoms with E-state index in [-0.39, 0.29) is 0 Å². The number of nitrogens with zero attached hydrogens (tertiary/aromatic N) is 1. The van der Waals surface area contributed by atoms with Gasteiger partial charge in [0, 0.05) is 0 Å². The second-order valence-corrected chi connectivity index (χ2v) is 4.62. The number of aryl methyl sites for hydroxylation is 1. The van der Waals surface area contributed by atoms with Crippen LogP contribution in [0, 0.1) is 0 Å². The molecule has 0 amide bonds. The van der Waals surface area contributed by atoms with Crippen LogP contribution in [0.4, 0.5) is 5.13 Å². The highest BCUT2D eigenvalue weighted by Crippen LogP contribution is 2.24. The van der Waals surface area contributed by atoms with E-state index in [2.05, 4.69) is 28.5 Å². The fourth-order valence-electron chi connectivity index (χ4n) is 1.61. The molecule has 0 radical (unpaired) electrons. The van der Waals surface area contributed by atoms with Crippen molar-refractivity contribution in [1.82, 2.24) is 10.3 Å². The van der Waals surface area contributed by atoms with Gasteiger partial charge in [0.1, 0.15) is 0 Å². The number of nitrogens with two attached hydrogens (primary N) is 1. The molecule has 1 aromatic heterocycles. The highest BCUT2D eigenvalue weighted by molar-refractivity contribution is 7.22. The molecule has 4 heteroatoms. The number of aromatic nitrogens is 1. The number of thiazole rings is 1. The molecule has 3 N–H and O–H groups in total. The monoisotopic (exact) mass is 221 g/mol. The summed E-state index contributed by atoms with van der Waals surface area (Å²) in [6.07, 6.45) is 2.27. The van der Waals surface area contributed by atoms with Crippen molar-refractivity contribution in [2.24, 2.45) is 0 Å². The zero-order valence-electron chi connectivity index (χ0n) is 8.79. The van der Waals surface area contributed by atoms with Crippen LogP contribution in [0.25, 0.3) is 10.2 Å². The lowest BCUT2D eigenvalue weighted by Gasteiger charge is -2.00. The molecular weight excluding hydrogens is 206 g/mol. The van der Waals surface area contributed by atoms with E-state index < -0.39 is 0 Å². The standard InChI is InChI=1S/C11H15N3S/c1-13-6-2-3-8-4-5-9-10(7-8)15-11(12)14-9/h4-5,7,13H,2-3,6H2,1H3,(H2,12,14). The Kier molecular flexibility index (Phi) is 3.18. The fourth-order valence-corrected chi connectivity index (χ4v) is 2.41. The zero-order chi connectivity index (χ0) is 10.7. The zero-order valence-corrected chi connectivity index (χ0v) is 9.60. The van der Waals surface area contributed by atoms with E-state index >= 15 is 0 Å². The topological polar surface area (TPSA) is 50.9 Å². The molecule has 0 saturated carbocycles. The summed E-state index contributed by atoms with van der Waals surface area (Å²) in [5.74, 6) is 0. The third-order valence-corrected chi connectivity index (χ3v) is 3.21. The Hall–Kier alpha value is -1.13. The molecular formula is C11H15N3S. The van der Waals surface area contributed by atoms with Crippen LogP contribution in [0.15, 0.2) is 18.2 Å². The van der Waals surface area contributed by atoms with Gasteiger partial charge in [0.2, 0.25) is 0 Å². The highest BCUT2D eigenvalue weighted by Gasteiger charge is 2.01. The number of nitrogen functional groups attached to an aromatic ring is 1. The Morgan fingerprint density at radius 2 is 2.33 bits per heavy atom. The van der Waals surface area contributed by atoms with Crippen molar-refractivity contribution in [3.63, 3.8) is 0 Å². The van der Waals surface area contributed by atoms with Crippen LogP contribution in [0.5, 0.6) is 0 Å². The van der Waals surface area contributed by atoms with Crippen LogP contribution in [-0.4, -0.2) is 18.6 Å². The number of fused-ring (bicyclic) bond motifs is 1. The summed E-state index contributed by atoms with van der Waals surface area (Å²) < 4.78 is 1.19. The Labute approximate surface area is 93.3 Å². The number of hydrogen-bond donors (Lipinski definition) is 2. The SMILES string of the molecule is CNCCCc1ccc2nc(N)sc2c1. The van der Waals surface area contributed by atoms with Crippen LogP contribution >= 0.6 is 11.3 Å². The molecule has 0 atom stereocenters. The molecule has 2 rings (SSSR count). The molecule has 0 spiro atoms. The quantitative estimate of drug-likeness (QED) is 0.777. The molecule has 80 valence electrons. The van der Waals surface area contributed by atoms with Crippen molar-refractivity contribution in [3.8, 4) is 0 Å². The third-order valence-electron chi connectivity index (χ3n) is 2.36. The van der Waals surface area contributed by atoms with Crippen molar-refractivity contribution in [1.29, 1.82) is 0 Å². The summed E-state index contributed by atoms with van der Waals surface area (Å²) in [7, 11) is 1.98. The Morgan fingerprint density at radius 1 is 1.47 bits per heavy atom. The minimum absolute atomic E-state index is 0.650. The van der Waals surface area contributed by atoms with E-state index in [0.29, 0.717) is 5.13 Å². The maximum absolute atomic E-state index is 5.66. The molecule has 1 aromatic carbocycles. The van der Waals surface area contributed by atoms with Crippen LogP contribution in [0.2, 0.25) is 0 Å². The molecule has 0 aliphatic rings. The van der Waals surface area contributed by atoms with Crippen LogP contribution < -0.4 is 11.1 Å². The summed E-state index contributed by atoms with van der Waals surface area (Å²) in [5.41, 5.74) is 8.03. The molecule has 0 aliphatic heterocycles. The number of benzene rings is 1. The first kappa shape index (κ1) is 10.4. The maximum atomic E-state index is 5.66. The molecule has 0 bridgehead atoms. The molecule has 2 aromatic rings. The normalized spacial score (nSPS) is 11.0. The molecule has 1 heterocycles. The van der Waals surface area contributed by atoms with Gasteiger partial charge < -0.3 is 11.1 Å². The lowest BCUT2D eigenvalue weighted by Crippen LogP contribution is -2.08. The van der Waals surface area contributed by atoms with E-state index in [1.165, 1.54) is 10.3 Å². The van der Waals surface area contributed by atoms with Gasteiger partial charge in [-0.05, 0) is 44.1 Å². The van der Waals surface area contributed by atoms with Crippen LogP contribution in [-0.2, 0) is 6.42 Å². The van der Waals surface area contributed by atoms with E-state index in [1.807, 2.05) is 7.05 Å². The summed E-state index contributed by atoms with van der Waals surface area (Å²) in [6.45, 7) is 1.06. The first-order valence-corrected chi connectivity index (χ1v) is 5.91. The lowest BCUT2D eigenvalue weighted by molar-refractivity contribution is 0.725. The minimum atomic E-state index is 0.650. The van der Waals surface area contributed by atoms with E-state index in [1.54, 1.807) is 11.3 Å². The van der Waals surface area contributed by atoms with E-state index in [0.717, 1.165) is 24.9 Å².